The molecule has 1 N–H and O–H groups in total. The molecule has 37 heavy (non-hydrogen) atoms. The summed E-state index contributed by atoms with van der Waals surface area (Å²) in [6, 6.07) is 9.12. The molecule has 3 nitrogen and oxygen atoms in total. The summed E-state index contributed by atoms with van der Waals surface area (Å²) in [4.78, 5) is 4.81. The first-order valence-corrected chi connectivity index (χ1v) is 18.0. The zero-order valence-corrected chi connectivity index (χ0v) is 26.7. The third-order valence-corrected chi connectivity index (χ3v) is 7.62. The molecule has 0 amide bonds. The standard InChI is InChI=1S/C21H27N2.C10H14O.2ClH.Ru/c1-14-9-16(3)20(17(4)10-14)22-7-8-23(13-22)21-18(5)11-15(2)12-19(21)6;1-5-7-8-10(6-2)11-9(3)4;;;/h9-13H,7-8H2,1-6H3;2,5-9H,1H2,3-4H3;2*1H;/q-1;;;;+2/p-1/b;8-7-,10-6?;;;. The van der Waals surface area contributed by atoms with E-state index < -0.39 is 13.5 Å². The van der Waals surface area contributed by atoms with E-state index in [4.69, 9.17) is 19.4 Å². The Morgan fingerprint density at radius 1 is 0.892 bits per heavy atom. The number of benzene rings is 2. The number of halogens is 2. The Morgan fingerprint density at radius 2 is 1.32 bits per heavy atom. The Hall–Kier alpha value is -1.87. The van der Waals surface area contributed by atoms with Gasteiger partial charge in [-0.15, -0.1) is 0 Å². The Kier molecular flexibility index (Phi) is 12.6. The fourth-order valence-electron chi connectivity index (χ4n) is 4.80. The smallest absolute Gasteiger partial charge is 0.0146 e. The molecule has 0 spiro atoms. The van der Waals surface area contributed by atoms with Crippen molar-refractivity contribution in [2.24, 2.45) is 0 Å². The molecule has 2 aromatic carbocycles. The van der Waals surface area contributed by atoms with E-state index >= 15 is 0 Å². The molecule has 1 aliphatic rings. The summed E-state index contributed by atoms with van der Waals surface area (Å²) in [6.07, 6.45) is 7.55. The summed E-state index contributed by atoms with van der Waals surface area (Å²) < 4.78 is 6.21. The average Bonchev–Trinajstić information content (AvgIpc) is 3.23. The number of aryl methyl sites for hydroxylation is 6. The van der Waals surface area contributed by atoms with Crippen LogP contribution in [0, 0.1) is 48.2 Å². The van der Waals surface area contributed by atoms with Gasteiger partial charge in [-0.2, -0.15) is 6.67 Å². The van der Waals surface area contributed by atoms with Gasteiger partial charge in [-0.25, -0.2) is 0 Å². The molecule has 3 rings (SSSR count). The normalized spacial score (nSPS) is 14.1. The average molecular weight is 631 g/mol. The molecule has 1 heterocycles. The Bertz CT molecular complexity index is 1070. The van der Waals surface area contributed by atoms with Gasteiger partial charge in [0, 0.05) is 24.5 Å². The van der Waals surface area contributed by atoms with Gasteiger partial charge >= 0.3 is 98.8 Å². The summed E-state index contributed by atoms with van der Waals surface area (Å²) >= 11 is -1.72. The van der Waals surface area contributed by atoms with Gasteiger partial charge in [0.1, 0.15) is 0 Å². The van der Waals surface area contributed by atoms with E-state index in [1.165, 1.54) is 44.8 Å². The van der Waals surface area contributed by atoms with Crippen LogP contribution in [0.5, 0.6) is 0 Å². The van der Waals surface area contributed by atoms with Gasteiger partial charge in [-0.05, 0) is 63.8 Å². The van der Waals surface area contributed by atoms with E-state index in [9.17, 15) is 0 Å². The van der Waals surface area contributed by atoms with Crippen molar-refractivity contribution >= 4 is 35.4 Å². The minimum absolute atomic E-state index is 0.260. The maximum absolute atomic E-state index is 5.72. The van der Waals surface area contributed by atoms with Crippen molar-refractivity contribution in [3.8, 4) is 0 Å². The molecule has 1 fully saturated rings. The van der Waals surface area contributed by atoms with Crippen LogP contribution in [0.15, 0.2) is 60.9 Å². The monoisotopic (exact) mass is 630 g/mol. The van der Waals surface area contributed by atoms with Crippen molar-refractivity contribution in [3.05, 3.63) is 101 Å². The molecular formula is C31H42Cl2N2ORu. The number of nitrogens with zero attached hydrogens (tertiary/aromatic N) is 2. The first-order chi connectivity index (χ1) is 17.4. The predicted octanol–water partition coefficient (Wildman–Crippen LogP) is 8.26. The van der Waals surface area contributed by atoms with Crippen LogP contribution in [0.3, 0.4) is 0 Å². The maximum atomic E-state index is 5.72. The van der Waals surface area contributed by atoms with Crippen molar-refractivity contribution in [2.45, 2.75) is 61.5 Å². The summed E-state index contributed by atoms with van der Waals surface area (Å²) in [6.45, 7) is 25.2. The second kappa shape index (κ2) is 14.9. The molecule has 0 saturated carbocycles. The van der Waals surface area contributed by atoms with E-state index in [2.05, 4.69) is 93.6 Å². The number of allylic oxidation sites excluding steroid dienone is 4. The summed E-state index contributed by atoms with van der Waals surface area (Å²) in [5.41, 5.74) is 10.8. The van der Waals surface area contributed by atoms with Gasteiger partial charge < -0.3 is 9.80 Å². The molecule has 204 valence electrons. The third-order valence-electron chi connectivity index (χ3n) is 5.83. The van der Waals surface area contributed by atoms with Crippen molar-refractivity contribution in [1.82, 2.24) is 0 Å². The number of hydrogen-bond acceptors (Lipinski definition) is 2. The molecular weight excluding hydrogens is 588 g/mol. The van der Waals surface area contributed by atoms with E-state index in [1.54, 1.807) is 6.08 Å². The minimum atomic E-state index is -1.72. The Morgan fingerprint density at radius 3 is 1.68 bits per heavy atom. The summed E-state index contributed by atoms with van der Waals surface area (Å²) in [7, 11) is 11.4. The van der Waals surface area contributed by atoms with Crippen LogP contribution in [-0.4, -0.2) is 28.5 Å². The molecule has 0 radical (unpaired) electrons. The topological polar surface area (TPSA) is 19.3 Å². The van der Waals surface area contributed by atoms with Crippen LogP contribution < -0.4 is 9.80 Å². The fraction of sp³-hybridized carbons (Fsp3) is 0.355. The molecule has 0 bridgehead atoms. The van der Waals surface area contributed by atoms with Gasteiger partial charge in [0.05, 0.1) is 0 Å². The molecule has 1 saturated heterocycles. The molecule has 0 aromatic heterocycles. The molecule has 0 unspecified atom stereocenters. The zero-order valence-electron chi connectivity index (χ0n) is 23.4. The number of hydrogen-bond donors (Lipinski definition) is 0. The molecule has 1 aliphatic heterocycles. The maximum Gasteiger partial charge on any atom is 0.0146 e. The minimum Gasteiger partial charge on any atom is -0.502 e. The number of rotatable bonds is 7. The largest absolute Gasteiger partial charge is 0.502 e. The first-order valence-electron chi connectivity index (χ1n) is 12.5. The summed E-state index contributed by atoms with van der Waals surface area (Å²) in [5, 5.41) is 0. The van der Waals surface area contributed by atoms with E-state index in [-0.39, 0.29) is 6.10 Å². The van der Waals surface area contributed by atoms with Gasteiger partial charge in [0.15, 0.2) is 0 Å². The second-order valence-electron chi connectivity index (χ2n) is 9.73. The second-order valence-corrected chi connectivity index (χ2v) is 15.5. The van der Waals surface area contributed by atoms with Gasteiger partial charge in [-0.3, -0.25) is 0 Å². The first kappa shape index (κ1) is 31.4. The van der Waals surface area contributed by atoms with Crippen molar-refractivity contribution in [3.63, 3.8) is 0 Å². The molecule has 6 heteroatoms. The fourth-order valence-corrected chi connectivity index (χ4v) is 5.84. The van der Waals surface area contributed by atoms with E-state index in [0.717, 1.165) is 18.8 Å². The number of aliphatic hydroxyl groups is 2. The molecule has 0 atom stereocenters. The number of ether oxygens (including phenoxy) is 1. The Balaban J connectivity index is 0.000000298. The predicted molar refractivity (Wildman–Crippen MR) is 163 cm³/mol. The van der Waals surface area contributed by atoms with Crippen LogP contribution in [-0.2, 0) is 13.5 Å². The van der Waals surface area contributed by atoms with Gasteiger partial charge in [0.2, 0.25) is 0 Å². The van der Waals surface area contributed by atoms with Crippen LogP contribution in [0.2, 0.25) is 0 Å². The van der Waals surface area contributed by atoms with Crippen molar-refractivity contribution < 1.29 is 18.3 Å². The van der Waals surface area contributed by atoms with Crippen LogP contribution >= 0.6 is 19.4 Å². The van der Waals surface area contributed by atoms with Crippen molar-refractivity contribution in [2.75, 3.05) is 22.9 Å². The number of anilines is 2. The van der Waals surface area contributed by atoms with E-state index in [1.807, 2.05) is 36.7 Å². The van der Waals surface area contributed by atoms with Crippen LogP contribution in [0.4, 0.5) is 11.4 Å². The Labute approximate surface area is 237 Å². The zero-order chi connectivity index (χ0) is 27.7. The molecule has 2 aromatic rings. The van der Waals surface area contributed by atoms with Gasteiger partial charge in [-0.1, -0.05) is 35.4 Å². The SMILES string of the molecule is C=C/C=C\C(=C[CH]=[Ru]([Cl])[Cl])[OH+]C(C)C.Cc1cc(C)c(N2[CH-]N(c3c(C)cc(C)cc3C)CC2)c(C)c1. The summed E-state index contributed by atoms with van der Waals surface area (Å²) in [5.74, 6) is 0.875. The third kappa shape index (κ3) is 9.75. The quantitative estimate of drug-likeness (QED) is 0.101. The van der Waals surface area contributed by atoms with E-state index in [0.29, 0.717) is 0 Å². The molecule has 0 aliphatic carbocycles. The van der Waals surface area contributed by atoms with Crippen LogP contribution in [0.1, 0.15) is 47.2 Å². The van der Waals surface area contributed by atoms with Crippen molar-refractivity contribution in [1.29, 1.82) is 0 Å². The van der Waals surface area contributed by atoms with Gasteiger partial charge in [0.25, 0.3) is 0 Å². The van der Waals surface area contributed by atoms with Crippen LogP contribution in [0.25, 0.3) is 0 Å².